The van der Waals surface area contributed by atoms with Crippen molar-refractivity contribution < 1.29 is 60.3 Å². The average Bonchev–Trinajstić information content (AvgIpc) is 1.76. The molecule has 12 nitrogen and oxygen atoms in total. The van der Waals surface area contributed by atoms with Crippen molar-refractivity contribution >= 4 is 134 Å². The van der Waals surface area contributed by atoms with Crippen molar-refractivity contribution in [1.82, 2.24) is 0 Å². The Hall–Kier alpha value is 3.31. The molecule has 0 aliphatic heterocycles. The summed E-state index contributed by atoms with van der Waals surface area (Å²) in [7, 11) is -11.7. The summed E-state index contributed by atoms with van der Waals surface area (Å²) in [5.74, 6) is 0. The zero-order chi connectivity index (χ0) is 14.3. The largest absolute Gasteiger partial charge is 3.00 e. The Morgan fingerprint density at radius 1 is 0.250 bits per heavy atom. The Kier molecular flexibility index (Phi) is 107. The second-order valence-electron chi connectivity index (χ2n) is 1.15. The summed E-state index contributed by atoms with van der Waals surface area (Å²) in [4.78, 5) is 0. The third-order valence-corrected chi connectivity index (χ3v) is 0. The first-order chi connectivity index (χ1) is 6.93. The summed E-state index contributed by atoms with van der Waals surface area (Å²) < 4.78 is 0. The molecule has 0 bridgehead atoms. The van der Waals surface area contributed by atoms with Crippen LogP contribution < -0.4 is 60.3 Å². The first-order valence-corrected chi connectivity index (χ1v) is 2.83. The first kappa shape index (κ1) is 49.5. The number of hydrogen-bond donors (Lipinski definition) is 0. The van der Waals surface area contributed by atoms with E-state index in [1.807, 2.05) is 0 Å². The Morgan fingerprint density at radius 2 is 0.250 bits per heavy atom. The Labute approximate surface area is 192 Å². The van der Waals surface area contributed by atoms with Crippen molar-refractivity contribution in [3.8, 4) is 0 Å². The van der Waals surface area contributed by atoms with Gasteiger partial charge in [0.2, 0.25) is 0 Å². The number of hydrogen-bond acceptors (Lipinski definition) is 12. The van der Waals surface area contributed by atoms with Gasteiger partial charge < -0.3 is 60.3 Å². The van der Waals surface area contributed by atoms with Gasteiger partial charge in [-0.15, -0.1) is 0 Å². The van der Waals surface area contributed by atoms with E-state index in [0.29, 0.717) is 0 Å². The summed E-state index contributed by atoms with van der Waals surface area (Å²) in [6.07, 6.45) is 0. The first-order valence-electron chi connectivity index (χ1n) is 2.83. The molecular formula is B4Bi4O12. The molecule has 0 aromatic carbocycles. The van der Waals surface area contributed by atoms with E-state index < -0.39 is 29.3 Å². The molecule has 0 fully saturated rings. The zero-order valence-corrected chi connectivity index (χ0v) is 22.9. The van der Waals surface area contributed by atoms with Gasteiger partial charge in [-0.05, 0) is 0 Å². The Morgan fingerprint density at radius 3 is 0.250 bits per heavy atom. The van der Waals surface area contributed by atoms with Gasteiger partial charge in [0, 0.05) is 0 Å². The fourth-order valence-electron chi connectivity index (χ4n) is 0. The molecule has 0 saturated carbocycles. The van der Waals surface area contributed by atoms with Crippen LogP contribution in [0.1, 0.15) is 0 Å². The van der Waals surface area contributed by atoms with Gasteiger partial charge in [0.15, 0.2) is 0 Å². The second-order valence-corrected chi connectivity index (χ2v) is 1.15. The third-order valence-electron chi connectivity index (χ3n) is 0. The van der Waals surface area contributed by atoms with Gasteiger partial charge in [0.1, 0.15) is 0 Å². The summed E-state index contributed by atoms with van der Waals surface area (Å²) in [5.41, 5.74) is 0. The molecule has 0 aromatic rings. The molecule has 20 heavy (non-hydrogen) atoms. The van der Waals surface area contributed by atoms with Crippen LogP contribution in [0.15, 0.2) is 0 Å². The van der Waals surface area contributed by atoms with Crippen LogP contribution in [-0.2, 0) is 0 Å². The van der Waals surface area contributed by atoms with E-state index in [0.717, 1.165) is 0 Å². The van der Waals surface area contributed by atoms with Crippen LogP contribution in [0.2, 0.25) is 0 Å². The van der Waals surface area contributed by atoms with Crippen LogP contribution in [-0.4, -0.2) is 134 Å². The predicted octanol–water partition coefficient (Wildman–Crippen LogP) is -17.3. The molecule has 0 saturated heterocycles. The molecule has 0 spiro atoms. The minimum absolute atomic E-state index is 0. The van der Waals surface area contributed by atoms with Crippen molar-refractivity contribution in [1.29, 1.82) is 0 Å². The monoisotopic (exact) mass is 1070 g/mol. The summed E-state index contributed by atoms with van der Waals surface area (Å²) >= 11 is 0. The minimum atomic E-state index is -2.92. The average molecular weight is 1070 g/mol. The van der Waals surface area contributed by atoms with Gasteiger partial charge in [-0.1, -0.05) is 0 Å². The normalized spacial score (nSPS) is 5.40. The van der Waals surface area contributed by atoms with E-state index >= 15 is 0 Å². The maximum Gasteiger partial charge on any atom is 3.00 e. The molecule has 20 heteroatoms. The van der Waals surface area contributed by atoms with Crippen LogP contribution >= 0.6 is 0 Å². The Balaban J connectivity index is -0.0000000150. The van der Waals surface area contributed by atoms with E-state index in [9.17, 15) is 0 Å². The van der Waals surface area contributed by atoms with Crippen molar-refractivity contribution in [3.63, 3.8) is 0 Å². The molecule has 0 aliphatic carbocycles. The van der Waals surface area contributed by atoms with Crippen LogP contribution in [0.3, 0.4) is 0 Å². The summed E-state index contributed by atoms with van der Waals surface area (Å²) in [6, 6.07) is 0. The van der Waals surface area contributed by atoms with Crippen LogP contribution in [0, 0.1) is 0 Å². The van der Waals surface area contributed by atoms with E-state index in [4.69, 9.17) is 60.3 Å². The summed E-state index contributed by atoms with van der Waals surface area (Å²) in [6.45, 7) is 0. The van der Waals surface area contributed by atoms with Gasteiger partial charge in [-0.25, -0.2) is 0 Å². The van der Waals surface area contributed by atoms with Gasteiger partial charge in [-0.3, -0.25) is 29.3 Å². The molecule has 0 rings (SSSR count). The maximum atomic E-state index is 8.42. The molecule has 104 valence electrons. The molecule has 0 atom stereocenters. The summed E-state index contributed by atoms with van der Waals surface area (Å²) in [5, 5.41) is 101. The van der Waals surface area contributed by atoms with E-state index in [2.05, 4.69) is 0 Å². The standard InChI is InChI=1S/4BO3.4Bi/c4*2-1(3)4;;;;/q4*-3;4*+3. The van der Waals surface area contributed by atoms with Crippen LogP contribution in [0.5, 0.6) is 0 Å². The maximum absolute atomic E-state index is 8.42. The van der Waals surface area contributed by atoms with Crippen molar-refractivity contribution in [2.24, 2.45) is 0 Å². The van der Waals surface area contributed by atoms with Gasteiger partial charge in [0.05, 0.1) is 0 Å². The molecule has 0 heterocycles. The van der Waals surface area contributed by atoms with Gasteiger partial charge in [-0.2, -0.15) is 0 Å². The topological polar surface area (TPSA) is 277 Å². The second kappa shape index (κ2) is 43.2. The third kappa shape index (κ3) is 802. The van der Waals surface area contributed by atoms with Gasteiger partial charge in [0.25, 0.3) is 0 Å². The molecular weight excluding hydrogens is 1070 g/mol. The predicted molar refractivity (Wildman–Crippen MR) is 46.0 cm³/mol. The SMILES string of the molecule is [Bi+3].[Bi+3].[Bi+3].[Bi+3].[O-]B([O-])[O-].[O-]B([O-])[O-].[O-]B([O-])[O-].[O-]B([O-])[O-]. The van der Waals surface area contributed by atoms with E-state index in [1.54, 1.807) is 0 Å². The van der Waals surface area contributed by atoms with Crippen LogP contribution in [0.4, 0.5) is 0 Å². The molecule has 0 amide bonds. The molecule has 8 radical (unpaired) electrons. The fourth-order valence-corrected chi connectivity index (χ4v) is 0. The van der Waals surface area contributed by atoms with Gasteiger partial charge >= 0.3 is 105 Å². The van der Waals surface area contributed by atoms with E-state index in [-0.39, 0.29) is 105 Å². The quantitative estimate of drug-likeness (QED) is 0.205. The van der Waals surface area contributed by atoms with Crippen LogP contribution in [0.25, 0.3) is 0 Å². The van der Waals surface area contributed by atoms with Crippen molar-refractivity contribution in [3.05, 3.63) is 0 Å². The molecule has 0 aliphatic rings. The zero-order valence-electron chi connectivity index (χ0n) is 9.00. The fraction of sp³-hybridized carbons (Fsp3) is 0. The number of rotatable bonds is 0. The Bertz CT molecular complexity index is 70.4. The molecule has 0 unspecified atom stereocenters. The minimum Gasteiger partial charge on any atom is -0.907 e. The molecule has 0 N–H and O–H groups in total. The van der Waals surface area contributed by atoms with E-state index in [1.165, 1.54) is 0 Å². The van der Waals surface area contributed by atoms with Crippen molar-refractivity contribution in [2.75, 3.05) is 0 Å². The van der Waals surface area contributed by atoms with Crippen molar-refractivity contribution in [2.45, 2.75) is 0 Å². The smallest absolute Gasteiger partial charge is 0.907 e. The molecule has 0 aromatic heterocycles.